The molecule has 6 nitrogen and oxygen atoms in total. The summed E-state index contributed by atoms with van der Waals surface area (Å²) in [5.41, 5.74) is 7.75. The van der Waals surface area contributed by atoms with Crippen molar-refractivity contribution in [3.63, 3.8) is 0 Å². The normalized spacial score (nSPS) is 11.3. The molecule has 2 aromatic heterocycles. The van der Waals surface area contributed by atoms with Gasteiger partial charge in [-0.25, -0.2) is 4.98 Å². The molecular weight excluding hydrogens is 370 g/mol. The highest BCUT2D eigenvalue weighted by molar-refractivity contribution is 7.99. The number of fused-ring (bicyclic) bond motifs is 3. The molecule has 0 unspecified atom stereocenters. The molecule has 4 aromatic rings. The van der Waals surface area contributed by atoms with Gasteiger partial charge in [0.15, 0.2) is 5.65 Å². The van der Waals surface area contributed by atoms with Gasteiger partial charge in [0.05, 0.1) is 11.3 Å². The van der Waals surface area contributed by atoms with E-state index in [9.17, 15) is 4.79 Å². The van der Waals surface area contributed by atoms with Crippen LogP contribution in [0.4, 0.5) is 5.69 Å². The van der Waals surface area contributed by atoms with Crippen molar-refractivity contribution in [3.8, 4) is 0 Å². The number of carbonyl (C=O) groups is 1. The summed E-state index contributed by atoms with van der Waals surface area (Å²) < 4.78 is 0. The topological polar surface area (TPSA) is 83.6 Å². The monoisotopic (exact) mass is 391 g/mol. The zero-order chi connectivity index (χ0) is 19.8. The average molecular weight is 392 g/mol. The van der Waals surface area contributed by atoms with Crippen LogP contribution in [0.15, 0.2) is 35.5 Å². The van der Waals surface area contributed by atoms with Gasteiger partial charge in [0.2, 0.25) is 11.1 Å². The Bertz CT molecular complexity index is 1210. The molecule has 1 amide bonds. The summed E-state index contributed by atoms with van der Waals surface area (Å²) in [6, 6.07) is 10.1. The zero-order valence-electron chi connectivity index (χ0n) is 16.3. The van der Waals surface area contributed by atoms with Gasteiger partial charge < -0.3 is 10.3 Å². The molecule has 142 valence electrons. The Labute approximate surface area is 167 Å². The number of nitrogens with one attached hydrogen (secondary N) is 2. The van der Waals surface area contributed by atoms with Crippen LogP contribution in [-0.2, 0) is 4.79 Å². The van der Waals surface area contributed by atoms with Crippen molar-refractivity contribution in [2.75, 3.05) is 11.1 Å². The minimum atomic E-state index is -0.0919. The first-order valence-electron chi connectivity index (χ1n) is 9.04. The minimum absolute atomic E-state index is 0.0919. The summed E-state index contributed by atoms with van der Waals surface area (Å²) in [6.07, 6.45) is 0. The SMILES string of the molecule is Cc1ccc(C)c(NC(=O)CSc2nnc3c(n2)[nH]c2c(C)ccc(C)c23)c1. The summed E-state index contributed by atoms with van der Waals surface area (Å²) in [6.45, 7) is 8.08. The van der Waals surface area contributed by atoms with Crippen LogP contribution in [0.1, 0.15) is 22.3 Å². The lowest BCUT2D eigenvalue weighted by molar-refractivity contribution is -0.113. The predicted molar refractivity (Wildman–Crippen MR) is 114 cm³/mol. The van der Waals surface area contributed by atoms with Gasteiger partial charge in [0, 0.05) is 11.1 Å². The second-order valence-corrected chi connectivity index (χ2v) is 7.96. The number of nitrogens with zero attached hydrogens (tertiary/aromatic N) is 3. The lowest BCUT2D eigenvalue weighted by Gasteiger charge is -2.08. The van der Waals surface area contributed by atoms with Crippen molar-refractivity contribution in [1.29, 1.82) is 0 Å². The highest BCUT2D eigenvalue weighted by atomic mass is 32.2. The number of amides is 1. The molecule has 2 aromatic carbocycles. The number of carbonyl (C=O) groups excluding carboxylic acids is 1. The van der Waals surface area contributed by atoms with Crippen LogP contribution in [-0.4, -0.2) is 31.8 Å². The largest absolute Gasteiger partial charge is 0.337 e. The Morgan fingerprint density at radius 3 is 2.61 bits per heavy atom. The molecule has 0 fully saturated rings. The number of rotatable bonds is 4. The van der Waals surface area contributed by atoms with Gasteiger partial charge in [-0.05, 0) is 56.0 Å². The molecule has 0 spiro atoms. The van der Waals surface area contributed by atoms with Gasteiger partial charge >= 0.3 is 0 Å². The van der Waals surface area contributed by atoms with E-state index in [0.717, 1.165) is 44.4 Å². The van der Waals surface area contributed by atoms with E-state index in [1.54, 1.807) is 0 Å². The Balaban J connectivity index is 1.53. The van der Waals surface area contributed by atoms with Crippen LogP contribution in [0, 0.1) is 27.7 Å². The Kier molecular flexibility index (Phi) is 4.77. The van der Waals surface area contributed by atoms with Gasteiger partial charge in [0.1, 0.15) is 5.52 Å². The number of benzene rings is 2. The van der Waals surface area contributed by atoms with E-state index in [-0.39, 0.29) is 11.7 Å². The molecule has 0 bridgehead atoms. The maximum absolute atomic E-state index is 12.3. The van der Waals surface area contributed by atoms with Crippen molar-refractivity contribution in [3.05, 3.63) is 52.6 Å². The quantitative estimate of drug-likeness (QED) is 0.502. The highest BCUT2D eigenvalue weighted by Crippen LogP contribution is 2.28. The number of hydrogen-bond donors (Lipinski definition) is 2. The maximum Gasteiger partial charge on any atom is 0.234 e. The van der Waals surface area contributed by atoms with Gasteiger partial charge in [0.25, 0.3) is 0 Å². The maximum atomic E-state index is 12.3. The summed E-state index contributed by atoms with van der Waals surface area (Å²) in [5, 5.41) is 13.1. The van der Waals surface area contributed by atoms with Crippen molar-refractivity contribution < 1.29 is 4.79 Å². The van der Waals surface area contributed by atoms with Crippen molar-refractivity contribution in [2.45, 2.75) is 32.9 Å². The fourth-order valence-electron chi connectivity index (χ4n) is 3.21. The summed E-state index contributed by atoms with van der Waals surface area (Å²) >= 11 is 1.27. The van der Waals surface area contributed by atoms with E-state index < -0.39 is 0 Å². The molecule has 4 rings (SSSR count). The third-order valence-electron chi connectivity index (χ3n) is 4.77. The molecule has 0 aliphatic heterocycles. The first-order chi connectivity index (χ1) is 13.4. The number of aromatic nitrogens is 4. The Morgan fingerprint density at radius 2 is 1.79 bits per heavy atom. The molecular formula is C21H21N5OS. The van der Waals surface area contributed by atoms with Gasteiger partial charge in [-0.15, -0.1) is 10.2 Å². The van der Waals surface area contributed by atoms with Crippen molar-refractivity contribution in [1.82, 2.24) is 20.2 Å². The third kappa shape index (κ3) is 3.45. The summed E-state index contributed by atoms with van der Waals surface area (Å²) in [7, 11) is 0. The molecule has 0 aliphatic carbocycles. The predicted octanol–water partition coefficient (Wildman–Crippen LogP) is 4.47. The molecule has 0 saturated heterocycles. The van der Waals surface area contributed by atoms with Crippen molar-refractivity contribution >= 4 is 45.4 Å². The third-order valence-corrected chi connectivity index (χ3v) is 5.61. The highest BCUT2D eigenvalue weighted by Gasteiger charge is 2.14. The van der Waals surface area contributed by atoms with E-state index in [2.05, 4.69) is 51.5 Å². The number of aromatic amines is 1. The van der Waals surface area contributed by atoms with E-state index in [0.29, 0.717) is 10.8 Å². The Hall–Kier alpha value is -2.93. The first kappa shape index (κ1) is 18.4. The van der Waals surface area contributed by atoms with Crippen LogP contribution in [0.3, 0.4) is 0 Å². The van der Waals surface area contributed by atoms with Gasteiger partial charge in [-0.2, -0.15) is 0 Å². The van der Waals surface area contributed by atoms with Gasteiger partial charge in [-0.1, -0.05) is 36.0 Å². The van der Waals surface area contributed by atoms with E-state index >= 15 is 0 Å². The molecule has 2 heterocycles. The molecule has 7 heteroatoms. The smallest absolute Gasteiger partial charge is 0.234 e. The van der Waals surface area contributed by atoms with E-state index in [1.165, 1.54) is 11.8 Å². The number of thioether (sulfide) groups is 1. The molecule has 2 N–H and O–H groups in total. The van der Waals surface area contributed by atoms with E-state index in [1.807, 2.05) is 32.0 Å². The fourth-order valence-corrected chi connectivity index (χ4v) is 3.80. The van der Waals surface area contributed by atoms with Gasteiger partial charge in [-0.3, -0.25) is 4.79 Å². The standard InChI is InChI=1S/C21H21N5OS/c1-11-5-6-12(2)15(9-11)22-16(27)10-28-21-24-20-19(25-26-21)17-13(3)7-8-14(4)18(17)23-20/h5-9H,10H2,1-4H3,(H,22,27)(H,23,24,26). The fraction of sp³-hybridized carbons (Fsp3) is 0.238. The van der Waals surface area contributed by atoms with Crippen LogP contribution < -0.4 is 5.32 Å². The number of aryl methyl sites for hydroxylation is 4. The van der Waals surface area contributed by atoms with Crippen molar-refractivity contribution in [2.24, 2.45) is 0 Å². The van der Waals surface area contributed by atoms with Crippen LogP contribution in [0.25, 0.3) is 22.1 Å². The molecule has 0 radical (unpaired) electrons. The second-order valence-electron chi connectivity index (χ2n) is 7.02. The Morgan fingerprint density at radius 1 is 1.04 bits per heavy atom. The molecule has 0 saturated carbocycles. The van der Waals surface area contributed by atoms with Crippen LogP contribution in [0.5, 0.6) is 0 Å². The second kappa shape index (κ2) is 7.24. The number of H-pyrrole nitrogens is 1. The number of hydrogen-bond acceptors (Lipinski definition) is 5. The first-order valence-corrected chi connectivity index (χ1v) is 10.0. The van der Waals surface area contributed by atoms with E-state index in [4.69, 9.17) is 0 Å². The summed E-state index contributed by atoms with van der Waals surface area (Å²) in [4.78, 5) is 20.2. The molecule has 28 heavy (non-hydrogen) atoms. The zero-order valence-corrected chi connectivity index (χ0v) is 17.1. The summed E-state index contributed by atoms with van der Waals surface area (Å²) in [5.74, 6) is 0.129. The minimum Gasteiger partial charge on any atom is -0.337 e. The lowest BCUT2D eigenvalue weighted by atomic mass is 10.1. The average Bonchev–Trinajstić information content (AvgIpc) is 3.06. The van der Waals surface area contributed by atoms with Crippen LogP contribution >= 0.6 is 11.8 Å². The molecule has 0 aliphatic rings. The molecule has 0 atom stereocenters. The lowest BCUT2D eigenvalue weighted by Crippen LogP contribution is -2.15. The van der Waals surface area contributed by atoms with Crippen LogP contribution in [0.2, 0.25) is 0 Å². The number of anilines is 1.